The number of fused-ring (bicyclic) bond motifs is 1. The number of carbonyl (C=O) groups excluding carboxylic acids is 1. The van der Waals surface area contributed by atoms with Crippen molar-refractivity contribution in [2.45, 2.75) is 13.1 Å². The van der Waals surface area contributed by atoms with Gasteiger partial charge < -0.3 is 10.4 Å². The number of pyridine rings is 1. The lowest BCUT2D eigenvalue weighted by Crippen LogP contribution is -2.29. The van der Waals surface area contributed by atoms with E-state index < -0.39 is 18.1 Å². The average Bonchev–Trinajstić information content (AvgIpc) is 2.63. The van der Waals surface area contributed by atoms with Crippen molar-refractivity contribution in [3.63, 3.8) is 0 Å². The van der Waals surface area contributed by atoms with Gasteiger partial charge in [0.05, 0.1) is 11.1 Å². The molecule has 0 aliphatic heterocycles. The number of rotatable bonds is 5. The van der Waals surface area contributed by atoms with Gasteiger partial charge in [0, 0.05) is 22.5 Å². The first-order valence-corrected chi connectivity index (χ1v) is 8.62. The van der Waals surface area contributed by atoms with Gasteiger partial charge in [-0.15, -0.1) is 0 Å². The zero-order chi connectivity index (χ0) is 18.7. The van der Waals surface area contributed by atoms with Crippen molar-refractivity contribution in [3.05, 3.63) is 80.6 Å². The summed E-state index contributed by atoms with van der Waals surface area (Å²) in [6.45, 7) is -0.140. The number of aliphatic carboxylic acids is 1. The van der Waals surface area contributed by atoms with Crippen molar-refractivity contribution in [1.82, 2.24) is 9.88 Å². The summed E-state index contributed by atoms with van der Waals surface area (Å²) in [5.41, 5.74) is 1.03. The first-order valence-electron chi connectivity index (χ1n) is 7.83. The Morgan fingerprint density at radius 3 is 2.46 bits per heavy atom. The predicted molar refractivity (Wildman–Crippen MR) is 101 cm³/mol. The van der Waals surface area contributed by atoms with E-state index in [1.54, 1.807) is 24.3 Å². The van der Waals surface area contributed by atoms with E-state index in [-0.39, 0.29) is 11.5 Å². The van der Waals surface area contributed by atoms with Gasteiger partial charge in [0.2, 0.25) is 0 Å². The first-order chi connectivity index (χ1) is 12.5. The highest BCUT2D eigenvalue weighted by molar-refractivity contribution is 9.10. The highest BCUT2D eigenvalue weighted by atomic mass is 79.9. The van der Waals surface area contributed by atoms with Gasteiger partial charge in [-0.05, 0) is 23.8 Å². The number of aromatic nitrogens is 1. The number of carbonyl (C=O) groups is 2. The molecule has 2 aromatic carbocycles. The van der Waals surface area contributed by atoms with E-state index in [1.807, 2.05) is 24.3 Å². The van der Waals surface area contributed by atoms with E-state index in [0.29, 0.717) is 17.4 Å². The summed E-state index contributed by atoms with van der Waals surface area (Å²) in [6.07, 6.45) is 0. The molecule has 132 valence electrons. The van der Waals surface area contributed by atoms with Gasteiger partial charge in [0.1, 0.15) is 6.54 Å². The molecule has 1 heterocycles. The number of hydrogen-bond donors (Lipinski definition) is 2. The molecule has 3 aromatic rings. The van der Waals surface area contributed by atoms with Crippen LogP contribution < -0.4 is 10.9 Å². The molecule has 7 heteroatoms. The van der Waals surface area contributed by atoms with Crippen molar-refractivity contribution < 1.29 is 14.7 Å². The second-order valence-electron chi connectivity index (χ2n) is 5.70. The Morgan fingerprint density at radius 2 is 1.77 bits per heavy atom. The summed E-state index contributed by atoms with van der Waals surface area (Å²) in [5, 5.41) is 12.3. The molecule has 3 rings (SSSR count). The number of halogens is 1. The molecule has 0 fully saturated rings. The van der Waals surface area contributed by atoms with Crippen LogP contribution in [0, 0.1) is 0 Å². The molecule has 0 spiro atoms. The van der Waals surface area contributed by atoms with Gasteiger partial charge >= 0.3 is 5.97 Å². The summed E-state index contributed by atoms with van der Waals surface area (Å²) in [7, 11) is 0. The second-order valence-corrected chi connectivity index (χ2v) is 6.62. The molecule has 0 saturated carbocycles. The molecule has 1 aromatic heterocycles. The molecule has 1 amide bonds. The van der Waals surface area contributed by atoms with Crippen LogP contribution in [0.5, 0.6) is 0 Å². The van der Waals surface area contributed by atoms with Gasteiger partial charge in [0.25, 0.3) is 11.5 Å². The summed E-state index contributed by atoms with van der Waals surface area (Å²) < 4.78 is 2.09. The van der Waals surface area contributed by atoms with Gasteiger partial charge in [-0.1, -0.05) is 46.3 Å². The van der Waals surface area contributed by atoms with E-state index in [0.717, 1.165) is 14.6 Å². The monoisotopic (exact) mass is 414 g/mol. The van der Waals surface area contributed by atoms with E-state index in [1.165, 1.54) is 6.07 Å². The highest BCUT2D eigenvalue weighted by Gasteiger charge is 2.15. The van der Waals surface area contributed by atoms with Crippen LogP contribution in [0.25, 0.3) is 10.9 Å². The van der Waals surface area contributed by atoms with Gasteiger partial charge in [0.15, 0.2) is 0 Å². The minimum absolute atomic E-state index is 0.226. The Hall–Kier alpha value is -2.93. The highest BCUT2D eigenvalue weighted by Crippen LogP contribution is 2.17. The average molecular weight is 415 g/mol. The molecule has 2 N–H and O–H groups in total. The summed E-state index contributed by atoms with van der Waals surface area (Å²) in [4.78, 5) is 35.9. The maximum atomic E-state index is 12.6. The Bertz CT molecular complexity index is 1040. The molecule has 0 atom stereocenters. The smallest absolute Gasteiger partial charge is 0.323 e. The Morgan fingerprint density at radius 1 is 1.08 bits per heavy atom. The van der Waals surface area contributed by atoms with Crippen LogP contribution in [0.1, 0.15) is 15.9 Å². The molecule has 6 nitrogen and oxygen atoms in total. The minimum atomic E-state index is -1.12. The standard InChI is InChI=1S/C19H15BrN2O4/c20-13-7-5-12(6-8-13)10-21-19(26)15-9-17(23)22(11-18(24)25)16-4-2-1-3-14(15)16/h1-9H,10-11H2,(H,21,26)(H,24,25). The quantitative estimate of drug-likeness (QED) is 0.671. The molecule has 0 aliphatic carbocycles. The van der Waals surface area contributed by atoms with Crippen molar-refractivity contribution in [1.29, 1.82) is 0 Å². The zero-order valence-corrected chi connectivity index (χ0v) is 15.2. The predicted octanol–water partition coefficient (Wildman–Crippen LogP) is 2.78. The van der Waals surface area contributed by atoms with Crippen LogP contribution in [0.2, 0.25) is 0 Å². The van der Waals surface area contributed by atoms with Crippen LogP contribution in [0.3, 0.4) is 0 Å². The fourth-order valence-electron chi connectivity index (χ4n) is 2.70. The number of para-hydroxylation sites is 1. The number of nitrogens with one attached hydrogen (secondary N) is 1. The molecule has 0 bridgehead atoms. The zero-order valence-electron chi connectivity index (χ0n) is 13.6. The third-order valence-corrected chi connectivity index (χ3v) is 4.45. The fraction of sp³-hybridized carbons (Fsp3) is 0.105. The van der Waals surface area contributed by atoms with E-state index in [9.17, 15) is 14.4 Å². The summed E-state index contributed by atoms with van der Waals surface area (Å²) in [6, 6.07) is 15.5. The van der Waals surface area contributed by atoms with Crippen molar-refractivity contribution >= 4 is 38.7 Å². The lowest BCUT2D eigenvalue weighted by molar-refractivity contribution is -0.137. The lowest BCUT2D eigenvalue weighted by Gasteiger charge is -2.12. The van der Waals surface area contributed by atoms with Crippen molar-refractivity contribution in [2.75, 3.05) is 0 Å². The SMILES string of the molecule is O=C(O)Cn1c(=O)cc(C(=O)NCc2ccc(Br)cc2)c2ccccc21. The van der Waals surface area contributed by atoms with E-state index in [2.05, 4.69) is 21.2 Å². The number of carboxylic acid groups (broad SMARTS) is 1. The molecular weight excluding hydrogens is 400 g/mol. The van der Waals surface area contributed by atoms with Crippen LogP contribution in [-0.2, 0) is 17.9 Å². The Kier molecular flexibility index (Phi) is 5.18. The van der Waals surface area contributed by atoms with Crippen LogP contribution in [0.4, 0.5) is 0 Å². The van der Waals surface area contributed by atoms with Crippen molar-refractivity contribution in [2.24, 2.45) is 0 Å². The largest absolute Gasteiger partial charge is 0.480 e. The van der Waals surface area contributed by atoms with Crippen LogP contribution in [-0.4, -0.2) is 21.6 Å². The van der Waals surface area contributed by atoms with Gasteiger partial charge in [-0.3, -0.25) is 19.0 Å². The normalized spacial score (nSPS) is 10.7. The number of carboxylic acids is 1. The Balaban J connectivity index is 1.94. The lowest BCUT2D eigenvalue weighted by atomic mass is 10.1. The third-order valence-electron chi connectivity index (χ3n) is 3.92. The molecule has 26 heavy (non-hydrogen) atoms. The van der Waals surface area contributed by atoms with E-state index in [4.69, 9.17) is 5.11 Å². The number of benzene rings is 2. The van der Waals surface area contributed by atoms with Crippen molar-refractivity contribution in [3.8, 4) is 0 Å². The number of hydrogen-bond acceptors (Lipinski definition) is 3. The number of amides is 1. The van der Waals surface area contributed by atoms with Gasteiger partial charge in [-0.25, -0.2) is 0 Å². The maximum absolute atomic E-state index is 12.6. The van der Waals surface area contributed by atoms with Crippen LogP contribution in [0.15, 0.2) is 63.9 Å². The number of nitrogens with zero attached hydrogens (tertiary/aromatic N) is 1. The topological polar surface area (TPSA) is 88.4 Å². The fourth-order valence-corrected chi connectivity index (χ4v) is 2.96. The summed E-state index contributed by atoms with van der Waals surface area (Å²) in [5.74, 6) is -1.51. The molecular formula is C19H15BrN2O4. The molecule has 0 saturated heterocycles. The Labute approximate surface area is 157 Å². The third kappa shape index (κ3) is 3.83. The minimum Gasteiger partial charge on any atom is -0.480 e. The van der Waals surface area contributed by atoms with E-state index >= 15 is 0 Å². The van der Waals surface area contributed by atoms with Gasteiger partial charge in [-0.2, -0.15) is 0 Å². The second kappa shape index (κ2) is 7.53. The summed E-state index contributed by atoms with van der Waals surface area (Å²) >= 11 is 3.35. The molecule has 0 unspecified atom stereocenters. The molecule has 0 radical (unpaired) electrons. The maximum Gasteiger partial charge on any atom is 0.323 e. The molecule has 0 aliphatic rings. The van der Waals surface area contributed by atoms with Crippen LogP contribution >= 0.6 is 15.9 Å². The first kappa shape index (κ1) is 17.9.